The van der Waals surface area contributed by atoms with E-state index in [0.717, 1.165) is 25.8 Å². The summed E-state index contributed by atoms with van der Waals surface area (Å²) in [6.45, 7) is 13.2. The van der Waals surface area contributed by atoms with E-state index in [-0.39, 0.29) is 0 Å². The molecule has 0 rings (SSSR count). The molecule has 0 heterocycles. The van der Waals surface area contributed by atoms with E-state index in [1.807, 2.05) is 4.90 Å². The predicted molar refractivity (Wildman–Crippen MR) is 65.5 cm³/mol. The molecule has 0 aromatic rings. The van der Waals surface area contributed by atoms with Crippen LogP contribution in [0, 0.1) is 12.8 Å². The Bertz CT molecular complexity index is 177. The first-order chi connectivity index (χ1) is 7.02. The standard InChI is InChI=1S/C13H26NO/c1-6-8-9-13(15)14(10-11(3)4)12(5)7-2/h11-12H,1,6-10H2,2-5H3. The average molecular weight is 212 g/mol. The number of unbranched alkanes of at least 4 members (excludes halogenated alkanes) is 1. The van der Waals surface area contributed by atoms with E-state index in [1.54, 1.807) is 0 Å². The Hall–Kier alpha value is -0.530. The van der Waals surface area contributed by atoms with Gasteiger partial charge in [-0.3, -0.25) is 4.79 Å². The van der Waals surface area contributed by atoms with Crippen LogP contribution in [0.3, 0.4) is 0 Å². The van der Waals surface area contributed by atoms with Crippen LogP contribution in [-0.4, -0.2) is 23.4 Å². The molecule has 2 heteroatoms. The quantitative estimate of drug-likeness (QED) is 0.634. The fourth-order valence-electron chi connectivity index (χ4n) is 1.56. The summed E-state index contributed by atoms with van der Waals surface area (Å²) in [6, 6.07) is 0.365. The molecule has 1 radical (unpaired) electrons. The molecule has 0 aliphatic rings. The highest BCUT2D eigenvalue weighted by Gasteiger charge is 2.18. The lowest BCUT2D eigenvalue weighted by molar-refractivity contribution is -0.134. The van der Waals surface area contributed by atoms with Crippen LogP contribution in [0.5, 0.6) is 0 Å². The van der Waals surface area contributed by atoms with Crippen LogP contribution in [0.2, 0.25) is 0 Å². The number of amides is 1. The van der Waals surface area contributed by atoms with Gasteiger partial charge in [-0.2, -0.15) is 0 Å². The summed E-state index contributed by atoms with van der Waals surface area (Å²) in [5.41, 5.74) is 0. The highest BCUT2D eigenvalue weighted by Crippen LogP contribution is 2.11. The summed E-state index contributed by atoms with van der Waals surface area (Å²) in [4.78, 5) is 14.0. The summed E-state index contributed by atoms with van der Waals surface area (Å²) in [7, 11) is 0. The summed E-state index contributed by atoms with van der Waals surface area (Å²) in [5.74, 6) is 0.837. The molecule has 1 unspecified atom stereocenters. The lowest BCUT2D eigenvalue weighted by Crippen LogP contribution is -2.40. The number of nitrogens with zero attached hydrogens (tertiary/aromatic N) is 1. The van der Waals surface area contributed by atoms with E-state index < -0.39 is 0 Å². The van der Waals surface area contributed by atoms with E-state index >= 15 is 0 Å². The zero-order valence-corrected chi connectivity index (χ0v) is 10.8. The van der Waals surface area contributed by atoms with Gasteiger partial charge in [-0.15, -0.1) is 0 Å². The second-order valence-electron chi connectivity index (χ2n) is 4.65. The van der Waals surface area contributed by atoms with Gasteiger partial charge < -0.3 is 4.90 Å². The van der Waals surface area contributed by atoms with Crippen LogP contribution in [0.4, 0.5) is 0 Å². The van der Waals surface area contributed by atoms with Crippen molar-refractivity contribution in [2.45, 2.75) is 59.4 Å². The van der Waals surface area contributed by atoms with Crippen molar-refractivity contribution in [2.75, 3.05) is 6.54 Å². The van der Waals surface area contributed by atoms with Crippen molar-refractivity contribution < 1.29 is 4.79 Å². The normalized spacial score (nSPS) is 12.9. The smallest absolute Gasteiger partial charge is 0.222 e. The molecule has 15 heavy (non-hydrogen) atoms. The fourth-order valence-corrected chi connectivity index (χ4v) is 1.56. The third-order valence-corrected chi connectivity index (χ3v) is 2.65. The molecular formula is C13H26NO. The highest BCUT2D eigenvalue weighted by atomic mass is 16.2. The molecule has 89 valence electrons. The van der Waals surface area contributed by atoms with Crippen LogP contribution >= 0.6 is 0 Å². The van der Waals surface area contributed by atoms with Crippen molar-refractivity contribution in [1.82, 2.24) is 4.90 Å². The van der Waals surface area contributed by atoms with Crippen LogP contribution in [0.15, 0.2) is 0 Å². The maximum Gasteiger partial charge on any atom is 0.222 e. The van der Waals surface area contributed by atoms with Gasteiger partial charge in [0.15, 0.2) is 0 Å². The van der Waals surface area contributed by atoms with E-state index in [4.69, 9.17) is 0 Å². The molecule has 0 aliphatic carbocycles. The minimum absolute atomic E-state index is 0.293. The Labute approximate surface area is 95.0 Å². The van der Waals surface area contributed by atoms with Gasteiger partial charge in [-0.25, -0.2) is 0 Å². The van der Waals surface area contributed by atoms with Crippen molar-refractivity contribution in [3.8, 4) is 0 Å². The maximum atomic E-state index is 11.9. The second kappa shape index (κ2) is 7.72. The van der Waals surface area contributed by atoms with Crippen molar-refractivity contribution in [2.24, 2.45) is 5.92 Å². The molecule has 0 aliphatic heterocycles. The lowest BCUT2D eigenvalue weighted by Gasteiger charge is -2.30. The van der Waals surface area contributed by atoms with Gasteiger partial charge in [0.2, 0.25) is 5.91 Å². The van der Waals surface area contributed by atoms with Gasteiger partial charge in [0.25, 0.3) is 0 Å². The largest absolute Gasteiger partial charge is 0.340 e. The monoisotopic (exact) mass is 212 g/mol. The van der Waals surface area contributed by atoms with E-state index in [0.29, 0.717) is 24.3 Å². The van der Waals surface area contributed by atoms with Gasteiger partial charge in [0.05, 0.1) is 0 Å². The van der Waals surface area contributed by atoms with Gasteiger partial charge >= 0.3 is 0 Å². The highest BCUT2D eigenvalue weighted by molar-refractivity contribution is 5.76. The summed E-state index contributed by atoms with van der Waals surface area (Å²) in [6.07, 6.45) is 3.44. The molecule has 0 spiro atoms. The number of carbonyl (C=O) groups is 1. The van der Waals surface area contributed by atoms with Crippen molar-refractivity contribution in [1.29, 1.82) is 0 Å². The topological polar surface area (TPSA) is 20.3 Å². The Kier molecular flexibility index (Phi) is 7.45. The van der Waals surface area contributed by atoms with Gasteiger partial charge in [-0.05, 0) is 25.7 Å². The minimum atomic E-state index is 0.293. The molecule has 0 aromatic heterocycles. The number of carbonyl (C=O) groups excluding carboxylic acids is 1. The van der Waals surface area contributed by atoms with Gasteiger partial charge in [0.1, 0.15) is 0 Å². The number of rotatable bonds is 7. The van der Waals surface area contributed by atoms with Crippen LogP contribution in [-0.2, 0) is 4.79 Å². The number of hydrogen-bond donors (Lipinski definition) is 0. The summed E-state index contributed by atoms with van der Waals surface area (Å²) < 4.78 is 0. The summed E-state index contributed by atoms with van der Waals surface area (Å²) in [5, 5.41) is 0. The zero-order chi connectivity index (χ0) is 11.8. The van der Waals surface area contributed by atoms with Crippen molar-refractivity contribution in [3.63, 3.8) is 0 Å². The fraction of sp³-hybridized carbons (Fsp3) is 0.846. The van der Waals surface area contributed by atoms with E-state index in [9.17, 15) is 4.79 Å². The lowest BCUT2D eigenvalue weighted by atomic mass is 10.1. The van der Waals surface area contributed by atoms with Crippen molar-refractivity contribution in [3.05, 3.63) is 6.92 Å². The van der Waals surface area contributed by atoms with Crippen LogP contribution in [0.1, 0.15) is 53.4 Å². The van der Waals surface area contributed by atoms with Gasteiger partial charge in [-0.1, -0.05) is 34.1 Å². The SMILES string of the molecule is [CH2]CCCC(=O)N(CC(C)C)C(C)CC. The zero-order valence-electron chi connectivity index (χ0n) is 10.8. The van der Waals surface area contributed by atoms with Crippen LogP contribution in [0.25, 0.3) is 0 Å². The van der Waals surface area contributed by atoms with Crippen molar-refractivity contribution >= 4 is 5.91 Å². The number of hydrogen-bond acceptors (Lipinski definition) is 1. The Morgan fingerprint density at radius 2 is 1.93 bits per heavy atom. The average Bonchev–Trinajstić information content (AvgIpc) is 2.21. The van der Waals surface area contributed by atoms with E-state index in [1.165, 1.54) is 0 Å². The summed E-state index contributed by atoms with van der Waals surface area (Å²) >= 11 is 0. The molecule has 1 amide bonds. The molecule has 0 N–H and O–H groups in total. The first-order valence-corrected chi connectivity index (χ1v) is 6.11. The van der Waals surface area contributed by atoms with Crippen LogP contribution < -0.4 is 0 Å². The molecule has 0 bridgehead atoms. The molecule has 1 atom stereocenters. The molecule has 0 aromatic carbocycles. The minimum Gasteiger partial charge on any atom is -0.340 e. The second-order valence-corrected chi connectivity index (χ2v) is 4.65. The molecular weight excluding hydrogens is 186 g/mol. The molecule has 0 saturated heterocycles. The Morgan fingerprint density at radius 1 is 1.33 bits per heavy atom. The Balaban J connectivity index is 4.27. The van der Waals surface area contributed by atoms with E-state index in [2.05, 4.69) is 34.6 Å². The maximum absolute atomic E-state index is 11.9. The molecule has 0 saturated carbocycles. The first kappa shape index (κ1) is 14.5. The third kappa shape index (κ3) is 5.81. The van der Waals surface area contributed by atoms with Gasteiger partial charge in [0, 0.05) is 19.0 Å². The first-order valence-electron chi connectivity index (χ1n) is 6.11. The predicted octanol–water partition coefficient (Wildman–Crippen LogP) is 3.27. The molecule has 0 fully saturated rings. The molecule has 2 nitrogen and oxygen atoms in total. The Morgan fingerprint density at radius 3 is 2.33 bits per heavy atom. The third-order valence-electron chi connectivity index (χ3n) is 2.65.